The van der Waals surface area contributed by atoms with Crippen LogP contribution in [0, 0.1) is 11.7 Å². The molecule has 0 aromatic heterocycles. The van der Waals surface area contributed by atoms with Gasteiger partial charge in [0.25, 0.3) is 5.91 Å². The van der Waals surface area contributed by atoms with Gasteiger partial charge in [-0.05, 0) is 57.0 Å². The van der Waals surface area contributed by atoms with Crippen LogP contribution in [0.1, 0.15) is 30.1 Å². The molecule has 1 aromatic rings. The summed E-state index contributed by atoms with van der Waals surface area (Å²) in [6, 6.07) is 4.20. The highest BCUT2D eigenvalue weighted by Gasteiger charge is 2.22. The number of hydrogen-bond donors (Lipinski definition) is 1. The molecule has 1 amide bonds. The van der Waals surface area contributed by atoms with Crippen molar-refractivity contribution < 1.29 is 9.18 Å². The predicted octanol–water partition coefficient (Wildman–Crippen LogP) is 2.94. The zero-order chi connectivity index (χ0) is 14.5. The summed E-state index contributed by atoms with van der Waals surface area (Å²) in [6.07, 6.45) is 2.12. The second-order valence-corrected chi connectivity index (χ2v) is 5.60. The molecule has 1 aliphatic heterocycles. The fourth-order valence-electron chi connectivity index (χ4n) is 2.56. The number of hydrogen-bond acceptors (Lipinski definition) is 2. The summed E-state index contributed by atoms with van der Waals surface area (Å²) in [6.45, 7) is 5.19. The fourth-order valence-corrected chi connectivity index (χ4v) is 2.72. The van der Waals surface area contributed by atoms with Gasteiger partial charge in [-0.25, -0.2) is 4.39 Å². The third-order valence-electron chi connectivity index (χ3n) is 3.77. The number of carbonyl (C=O) groups is 1. The Kier molecular flexibility index (Phi) is 5.38. The molecule has 0 atom stereocenters. The van der Waals surface area contributed by atoms with Crippen LogP contribution in [-0.4, -0.2) is 37.0 Å². The lowest BCUT2D eigenvalue weighted by Crippen LogP contribution is -2.39. The number of piperidine rings is 1. The molecule has 20 heavy (non-hydrogen) atoms. The lowest BCUT2D eigenvalue weighted by atomic mass is 9.97. The molecule has 0 bridgehead atoms. The minimum atomic E-state index is -0.550. The standard InChI is InChI=1S/C15H20ClFN2O/c1-2-19(10-11-5-7-18-8-6-11)15(20)13-4-3-12(16)9-14(13)17/h3-4,9,11,18H,2,5-8,10H2,1H3. The van der Waals surface area contributed by atoms with Crippen LogP contribution in [0.15, 0.2) is 18.2 Å². The van der Waals surface area contributed by atoms with Gasteiger partial charge < -0.3 is 10.2 Å². The molecule has 2 rings (SSSR count). The van der Waals surface area contributed by atoms with Gasteiger partial charge in [0.05, 0.1) is 5.56 Å². The third-order valence-corrected chi connectivity index (χ3v) is 4.00. The maximum Gasteiger partial charge on any atom is 0.256 e. The van der Waals surface area contributed by atoms with E-state index >= 15 is 0 Å². The molecule has 0 radical (unpaired) electrons. The molecule has 0 saturated carbocycles. The molecular weight excluding hydrogens is 279 g/mol. The summed E-state index contributed by atoms with van der Waals surface area (Å²) in [4.78, 5) is 14.1. The SMILES string of the molecule is CCN(CC1CCNCC1)C(=O)c1ccc(Cl)cc1F. The van der Waals surface area contributed by atoms with E-state index in [2.05, 4.69) is 5.32 Å². The first-order valence-corrected chi connectivity index (χ1v) is 7.44. The topological polar surface area (TPSA) is 32.3 Å². The van der Waals surface area contributed by atoms with Crippen molar-refractivity contribution in [3.05, 3.63) is 34.6 Å². The Bertz CT molecular complexity index is 475. The molecule has 1 N–H and O–H groups in total. The highest BCUT2D eigenvalue weighted by atomic mass is 35.5. The van der Waals surface area contributed by atoms with E-state index in [0.717, 1.165) is 25.9 Å². The van der Waals surface area contributed by atoms with Crippen molar-refractivity contribution in [2.45, 2.75) is 19.8 Å². The van der Waals surface area contributed by atoms with Crippen LogP contribution < -0.4 is 5.32 Å². The average Bonchev–Trinajstić information content (AvgIpc) is 2.45. The molecule has 1 saturated heterocycles. The van der Waals surface area contributed by atoms with Crippen LogP contribution in [-0.2, 0) is 0 Å². The van der Waals surface area contributed by atoms with Crippen molar-refractivity contribution in [2.24, 2.45) is 5.92 Å². The number of halogens is 2. The van der Waals surface area contributed by atoms with Gasteiger partial charge in [0, 0.05) is 18.1 Å². The Balaban J connectivity index is 2.07. The Hall–Kier alpha value is -1.13. The van der Waals surface area contributed by atoms with E-state index in [1.807, 2.05) is 6.92 Å². The molecule has 3 nitrogen and oxygen atoms in total. The van der Waals surface area contributed by atoms with Gasteiger partial charge in [0.1, 0.15) is 5.82 Å². The molecule has 1 fully saturated rings. The number of nitrogens with one attached hydrogen (secondary N) is 1. The Morgan fingerprint density at radius 3 is 2.75 bits per heavy atom. The summed E-state index contributed by atoms with van der Waals surface area (Å²) in [5, 5.41) is 3.61. The highest BCUT2D eigenvalue weighted by Crippen LogP contribution is 2.19. The number of amides is 1. The largest absolute Gasteiger partial charge is 0.339 e. The van der Waals surface area contributed by atoms with Crippen LogP contribution in [0.4, 0.5) is 4.39 Å². The molecule has 0 spiro atoms. The third kappa shape index (κ3) is 3.70. The first-order valence-electron chi connectivity index (χ1n) is 7.07. The van der Waals surface area contributed by atoms with Crippen LogP contribution in [0.25, 0.3) is 0 Å². The maximum absolute atomic E-state index is 13.8. The van der Waals surface area contributed by atoms with E-state index in [1.54, 1.807) is 11.0 Å². The van der Waals surface area contributed by atoms with Gasteiger partial charge >= 0.3 is 0 Å². The molecule has 5 heteroatoms. The minimum Gasteiger partial charge on any atom is -0.339 e. The maximum atomic E-state index is 13.8. The lowest BCUT2D eigenvalue weighted by Gasteiger charge is -2.29. The van der Waals surface area contributed by atoms with Crippen LogP contribution in [0.5, 0.6) is 0 Å². The van der Waals surface area contributed by atoms with E-state index in [9.17, 15) is 9.18 Å². The summed E-state index contributed by atoms with van der Waals surface area (Å²) in [7, 11) is 0. The molecule has 0 aliphatic carbocycles. The first-order chi connectivity index (χ1) is 9.61. The monoisotopic (exact) mass is 298 g/mol. The molecule has 1 heterocycles. The van der Waals surface area contributed by atoms with E-state index in [-0.39, 0.29) is 11.5 Å². The van der Waals surface area contributed by atoms with Gasteiger partial charge in [-0.2, -0.15) is 0 Å². The van der Waals surface area contributed by atoms with Gasteiger partial charge in [-0.15, -0.1) is 0 Å². The fraction of sp³-hybridized carbons (Fsp3) is 0.533. The van der Waals surface area contributed by atoms with Crippen molar-refractivity contribution in [2.75, 3.05) is 26.2 Å². The number of benzene rings is 1. The summed E-state index contributed by atoms with van der Waals surface area (Å²) in [5.41, 5.74) is 0.102. The van der Waals surface area contributed by atoms with Gasteiger partial charge in [0.2, 0.25) is 0 Å². The molecule has 110 valence electrons. The predicted molar refractivity (Wildman–Crippen MR) is 78.6 cm³/mol. The second-order valence-electron chi connectivity index (χ2n) is 5.16. The summed E-state index contributed by atoms with van der Waals surface area (Å²) >= 11 is 5.72. The summed E-state index contributed by atoms with van der Waals surface area (Å²) < 4.78 is 13.8. The van der Waals surface area contributed by atoms with Crippen molar-refractivity contribution in [3.8, 4) is 0 Å². The van der Waals surface area contributed by atoms with Crippen molar-refractivity contribution in [3.63, 3.8) is 0 Å². The van der Waals surface area contributed by atoms with Gasteiger partial charge in [-0.3, -0.25) is 4.79 Å². The minimum absolute atomic E-state index is 0.102. The van der Waals surface area contributed by atoms with E-state index in [0.29, 0.717) is 24.0 Å². The van der Waals surface area contributed by atoms with Crippen LogP contribution in [0.2, 0.25) is 5.02 Å². The molecular formula is C15H20ClFN2O. The van der Waals surface area contributed by atoms with Crippen molar-refractivity contribution >= 4 is 17.5 Å². The van der Waals surface area contributed by atoms with Crippen molar-refractivity contribution in [1.29, 1.82) is 0 Å². The van der Waals surface area contributed by atoms with Gasteiger partial charge in [0.15, 0.2) is 0 Å². The highest BCUT2D eigenvalue weighted by molar-refractivity contribution is 6.30. The van der Waals surface area contributed by atoms with E-state index < -0.39 is 5.82 Å². The summed E-state index contributed by atoms with van der Waals surface area (Å²) in [5.74, 6) is -0.304. The van der Waals surface area contributed by atoms with Crippen LogP contribution in [0.3, 0.4) is 0 Å². The smallest absolute Gasteiger partial charge is 0.256 e. The van der Waals surface area contributed by atoms with E-state index in [4.69, 9.17) is 11.6 Å². The molecule has 1 aromatic carbocycles. The van der Waals surface area contributed by atoms with Gasteiger partial charge in [-0.1, -0.05) is 11.6 Å². The Labute approximate surface area is 124 Å². The molecule has 0 unspecified atom stereocenters. The first kappa shape index (κ1) is 15.3. The number of rotatable bonds is 4. The van der Waals surface area contributed by atoms with Crippen LogP contribution >= 0.6 is 11.6 Å². The second kappa shape index (κ2) is 7.04. The number of nitrogens with zero attached hydrogens (tertiary/aromatic N) is 1. The Morgan fingerprint density at radius 1 is 1.45 bits per heavy atom. The zero-order valence-corrected chi connectivity index (χ0v) is 12.4. The quantitative estimate of drug-likeness (QED) is 0.927. The molecule has 1 aliphatic rings. The Morgan fingerprint density at radius 2 is 2.15 bits per heavy atom. The lowest BCUT2D eigenvalue weighted by molar-refractivity contribution is 0.0722. The van der Waals surface area contributed by atoms with E-state index in [1.165, 1.54) is 12.1 Å². The normalized spacial score (nSPS) is 16.1. The van der Waals surface area contributed by atoms with Crippen molar-refractivity contribution in [1.82, 2.24) is 10.2 Å². The average molecular weight is 299 g/mol. The number of carbonyl (C=O) groups excluding carboxylic acids is 1. The zero-order valence-electron chi connectivity index (χ0n) is 11.7.